The topological polar surface area (TPSA) is 176 Å². The summed E-state index contributed by atoms with van der Waals surface area (Å²) in [6.07, 6.45) is 0.572. The van der Waals surface area contributed by atoms with E-state index in [1.165, 1.54) is 54.7 Å². The summed E-state index contributed by atoms with van der Waals surface area (Å²) >= 11 is 12.8. The minimum absolute atomic E-state index is 0.0722. The Bertz CT molecular complexity index is 3390. The highest BCUT2D eigenvalue weighted by atomic mass is 32.2. The van der Waals surface area contributed by atoms with E-state index in [1.807, 2.05) is 107 Å². The summed E-state index contributed by atoms with van der Waals surface area (Å²) in [6.45, 7) is 0.0761. The van der Waals surface area contributed by atoms with Gasteiger partial charge in [0.2, 0.25) is 0 Å². The third-order valence-electron chi connectivity index (χ3n) is 10.8. The van der Waals surface area contributed by atoms with Crippen LogP contribution in [-0.4, -0.2) is 64.2 Å². The molecule has 374 valence electrons. The molecule has 0 unspecified atom stereocenters. The van der Waals surface area contributed by atoms with Gasteiger partial charge in [0.25, 0.3) is 0 Å². The Kier molecular flexibility index (Phi) is 18.1. The highest BCUT2D eigenvalue weighted by Crippen LogP contribution is 2.45. The fourth-order valence-corrected chi connectivity index (χ4v) is 14.2. The Labute approximate surface area is 457 Å². The van der Waals surface area contributed by atoms with Gasteiger partial charge in [0.1, 0.15) is 23.0 Å². The zero-order valence-corrected chi connectivity index (χ0v) is 45.8. The van der Waals surface area contributed by atoms with Gasteiger partial charge in [-0.2, -0.15) is 0 Å². The van der Waals surface area contributed by atoms with Crippen molar-refractivity contribution in [3.05, 3.63) is 137 Å². The van der Waals surface area contributed by atoms with Crippen LogP contribution in [0.5, 0.6) is 23.0 Å². The molecule has 0 amide bonds. The summed E-state index contributed by atoms with van der Waals surface area (Å²) in [6, 6.07) is 35.7. The minimum atomic E-state index is -0.555. The monoisotopic (exact) mass is 1140 g/mol. The van der Waals surface area contributed by atoms with Crippen LogP contribution < -0.4 is 18.9 Å². The van der Waals surface area contributed by atoms with Gasteiger partial charge in [0.15, 0.2) is 0 Å². The Hall–Kier alpha value is -5.49. The number of aromatic hydroxyl groups is 3. The number of anilines is 3. The smallest absolute Gasteiger partial charge is 0.321 e. The maximum atomic E-state index is 13.4. The van der Waals surface area contributed by atoms with Crippen molar-refractivity contribution in [1.29, 1.82) is 0 Å². The molecule has 0 fully saturated rings. The Morgan fingerprint density at radius 3 is 1.56 bits per heavy atom. The van der Waals surface area contributed by atoms with E-state index in [2.05, 4.69) is 14.2 Å². The first-order chi connectivity index (χ1) is 35.6. The van der Waals surface area contributed by atoms with Crippen LogP contribution in [0.15, 0.2) is 159 Å². The number of phenols is 3. The first-order valence-electron chi connectivity index (χ1n) is 22.1. The molecular formula is C52H43N3O9S9. The summed E-state index contributed by atoms with van der Waals surface area (Å²) in [5.74, 6) is -0.861. The summed E-state index contributed by atoms with van der Waals surface area (Å²) < 4.78 is 29.7. The van der Waals surface area contributed by atoms with Crippen LogP contribution in [0.25, 0.3) is 32.3 Å². The van der Waals surface area contributed by atoms with Crippen LogP contribution in [0.1, 0.15) is 12.0 Å². The first kappa shape index (κ1) is 52.4. The van der Waals surface area contributed by atoms with Crippen LogP contribution >= 0.6 is 105 Å². The zero-order chi connectivity index (χ0) is 50.7. The molecule has 3 heterocycles. The molecule has 3 aromatic heterocycles. The van der Waals surface area contributed by atoms with Crippen molar-refractivity contribution in [1.82, 2.24) is 0 Å². The summed E-state index contributed by atoms with van der Waals surface area (Å²) in [5.41, 5.74) is 3.13. The SMILES string of the molecule is COC(=O)CCSc1cc(NSc2cccs2)c2ccc(CCOC(=O)CSc3cc(NSc4cccs4)c4ccc(OC(=O)CSc5cc(NSc6cccs6)c6ccccc6c5O)cc4c3O)cc2c1O. The van der Waals surface area contributed by atoms with E-state index >= 15 is 0 Å². The molecule has 73 heavy (non-hydrogen) atoms. The predicted octanol–water partition coefficient (Wildman–Crippen LogP) is 15.0. The molecule has 0 atom stereocenters. The largest absolute Gasteiger partial charge is 0.506 e. The number of thiophene rings is 3. The molecule has 21 heteroatoms. The predicted molar refractivity (Wildman–Crippen MR) is 307 cm³/mol. The van der Waals surface area contributed by atoms with Gasteiger partial charge >= 0.3 is 17.9 Å². The van der Waals surface area contributed by atoms with Crippen molar-refractivity contribution in [2.45, 2.75) is 40.2 Å². The van der Waals surface area contributed by atoms with Crippen LogP contribution in [0, 0.1) is 0 Å². The fraction of sp³-hybridized carbons (Fsp3) is 0.135. The minimum Gasteiger partial charge on any atom is -0.506 e. The molecule has 9 aromatic rings. The molecule has 0 aliphatic rings. The maximum Gasteiger partial charge on any atom is 0.321 e. The lowest BCUT2D eigenvalue weighted by Crippen LogP contribution is -2.10. The molecule has 6 N–H and O–H groups in total. The number of carbonyl (C=O) groups excluding carboxylic acids is 3. The van der Waals surface area contributed by atoms with E-state index < -0.39 is 11.9 Å². The van der Waals surface area contributed by atoms with Crippen molar-refractivity contribution in [3.63, 3.8) is 0 Å². The number of hydrogen-bond donors (Lipinski definition) is 6. The number of phenolic OH excluding ortho intramolecular Hbond substituents is 3. The van der Waals surface area contributed by atoms with Gasteiger partial charge in [-0.3, -0.25) is 14.4 Å². The Morgan fingerprint density at radius 1 is 0.521 bits per heavy atom. The number of fused-ring (bicyclic) bond motifs is 3. The Morgan fingerprint density at radius 2 is 1.01 bits per heavy atom. The van der Waals surface area contributed by atoms with Crippen LogP contribution in [0.3, 0.4) is 0 Å². The number of ether oxygens (including phenoxy) is 3. The molecule has 12 nitrogen and oxygen atoms in total. The number of nitrogens with one attached hydrogen (secondary N) is 3. The summed E-state index contributed by atoms with van der Waals surface area (Å²) in [7, 11) is 1.35. The van der Waals surface area contributed by atoms with Gasteiger partial charge in [-0.15, -0.1) is 69.3 Å². The third-order valence-corrected chi connectivity index (χ3v) is 19.4. The quantitative estimate of drug-likeness (QED) is 0.0117. The molecule has 0 spiro atoms. The third kappa shape index (κ3) is 13.4. The molecule has 9 rings (SSSR count). The molecule has 6 aromatic carbocycles. The van der Waals surface area contributed by atoms with Crippen LogP contribution in [0.2, 0.25) is 0 Å². The summed E-state index contributed by atoms with van der Waals surface area (Å²) in [5, 5.41) is 44.4. The number of methoxy groups -OCH3 is 1. The number of carbonyl (C=O) groups is 3. The van der Waals surface area contributed by atoms with Gasteiger partial charge in [0, 0.05) is 44.5 Å². The number of thioether (sulfide) groups is 3. The zero-order valence-electron chi connectivity index (χ0n) is 38.4. The molecule has 0 bridgehead atoms. The second kappa shape index (κ2) is 25.2. The van der Waals surface area contributed by atoms with Crippen molar-refractivity contribution >= 4 is 172 Å². The van der Waals surface area contributed by atoms with Gasteiger partial charge in [-0.25, -0.2) is 0 Å². The van der Waals surface area contributed by atoms with Gasteiger partial charge < -0.3 is 43.7 Å². The highest BCUT2D eigenvalue weighted by Gasteiger charge is 2.20. The van der Waals surface area contributed by atoms with E-state index in [1.54, 1.807) is 58.3 Å². The molecule has 0 saturated carbocycles. The van der Waals surface area contributed by atoms with Crippen molar-refractivity contribution in [3.8, 4) is 23.0 Å². The summed E-state index contributed by atoms with van der Waals surface area (Å²) in [4.78, 5) is 40.0. The van der Waals surface area contributed by atoms with E-state index in [0.717, 1.165) is 63.9 Å². The van der Waals surface area contributed by atoms with E-state index in [9.17, 15) is 29.7 Å². The van der Waals surface area contributed by atoms with Gasteiger partial charge in [-0.1, -0.05) is 54.6 Å². The fourth-order valence-electron chi connectivity index (χ4n) is 7.32. The standard InChI is InChI=1S/C52H43N3O9S9/c1-62-44(56)17-22-65-41-25-39(54-72-48-10-5-20-67-48)33-14-12-30(23-36(33)51(41)60)16-18-63-45(57)28-69-43-27-40(55-73-49-11-6-21-68-49)34-15-13-31(24-37(34)52(43)61)64-46(58)29-70-42-26-38(53-71-47-9-4-19-66-47)32-7-2-3-8-35(32)50(42)59/h2-15,19-21,23-27,53-55,59-61H,16-18,22,28-29H2,1H3. The maximum absolute atomic E-state index is 13.4. The highest BCUT2D eigenvalue weighted by molar-refractivity contribution is 8.03. The van der Waals surface area contributed by atoms with E-state index in [4.69, 9.17) is 14.2 Å². The van der Waals surface area contributed by atoms with Crippen molar-refractivity contribution in [2.75, 3.05) is 45.1 Å². The van der Waals surface area contributed by atoms with Crippen LogP contribution in [-0.2, 0) is 30.3 Å². The molecule has 0 saturated heterocycles. The number of rotatable bonds is 23. The van der Waals surface area contributed by atoms with Crippen LogP contribution in [0.4, 0.5) is 17.1 Å². The lowest BCUT2D eigenvalue weighted by Gasteiger charge is -2.15. The lowest BCUT2D eigenvalue weighted by atomic mass is 10.0. The molecule has 0 radical (unpaired) electrons. The van der Waals surface area contributed by atoms with Crippen molar-refractivity contribution in [2.24, 2.45) is 0 Å². The second-order valence-corrected chi connectivity index (χ2v) is 24.9. The second-order valence-electron chi connectivity index (χ2n) is 15.6. The molecular weight excluding hydrogens is 1100 g/mol. The van der Waals surface area contributed by atoms with Crippen molar-refractivity contribution < 1.29 is 43.9 Å². The van der Waals surface area contributed by atoms with Gasteiger partial charge in [-0.05, 0) is 118 Å². The number of esters is 3. The van der Waals surface area contributed by atoms with E-state index in [0.29, 0.717) is 54.1 Å². The molecule has 0 aliphatic carbocycles. The molecule has 0 aliphatic heterocycles. The average Bonchev–Trinajstić information content (AvgIpc) is 4.25. The normalized spacial score (nSPS) is 11.2. The number of hydrogen-bond acceptors (Lipinski definition) is 21. The van der Waals surface area contributed by atoms with Gasteiger partial charge in [0.05, 0.1) is 76.0 Å². The number of benzene rings is 6. The van der Waals surface area contributed by atoms with E-state index in [-0.39, 0.29) is 53.5 Å². The Balaban J connectivity index is 0.862. The first-order valence-corrected chi connectivity index (χ1v) is 30.2. The average molecular weight is 1140 g/mol. The lowest BCUT2D eigenvalue weighted by molar-refractivity contribution is -0.141.